The Labute approximate surface area is 182 Å². The number of hydrogen-bond donors (Lipinski definition) is 1. The van der Waals surface area contributed by atoms with Crippen molar-refractivity contribution in [2.24, 2.45) is 4.99 Å². The number of benzene rings is 2. The molecule has 0 unspecified atom stereocenters. The molecule has 0 saturated carbocycles. The van der Waals surface area contributed by atoms with E-state index in [1.54, 1.807) is 31.3 Å². The number of ether oxygens (including phenoxy) is 1. The van der Waals surface area contributed by atoms with Gasteiger partial charge < -0.3 is 14.7 Å². The van der Waals surface area contributed by atoms with Crippen LogP contribution in [-0.4, -0.2) is 54.4 Å². The number of morpholine rings is 1. The van der Waals surface area contributed by atoms with Crippen LogP contribution in [0.4, 0.5) is 11.4 Å². The molecular weight excluding hydrogens is 454 g/mol. The minimum atomic E-state index is -0.141. The van der Waals surface area contributed by atoms with Crippen LogP contribution in [0.3, 0.4) is 0 Å². The van der Waals surface area contributed by atoms with Crippen LogP contribution in [0.25, 0.3) is 6.08 Å². The molecule has 0 aliphatic carbocycles. The molecule has 0 aromatic heterocycles. The number of thioether (sulfide) groups is 1. The Morgan fingerprint density at radius 1 is 1.17 bits per heavy atom. The summed E-state index contributed by atoms with van der Waals surface area (Å²) in [6, 6.07) is 13.1. The van der Waals surface area contributed by atoms with Crippen molar-refractivity contribution in [3.05, 3.63) is 57.4 Å². The molecule has 2 aliphatic heterocycles. The lowest BCUT2D eigenvalue weighted by Gasteiger charge is -2.28. The number of anilines is 1. The molecule has 0 atom stereocenters. The van der Waals surface area contributed by atoms with Crippen LogP contribution in [0.1, 0.15) is 5.56 Å². The van der Waals surface area contributed by atoms with E-state index in [1.165, 1.54) is 16.7 Å². The van der Waals surface area contributed by atoms with E-state index in [1.807, 2.05) is 24.3 Å². The lowest BCUT2D eigenvalue weighted by atomic mass is 10.2. The van der Waals surface area contributed by atoms with Gasteiger partial charge >= 0.3 is 0 Å². The second-order valence-corrected chi connectivity index (χ2v) is 8.61. The molecule has 6 nitrogen and oxygen atoms in total. The monoisotopic (exact) mass is 473 g/mol. The van der Waals surface area contributed by atoms with Gasteiger partial charge in [0.2, 0.25) is 0 Å². The summed E-state index contributed by atoms with van der Waals surface area (Å²) in [6.45, 7) is 3.27. The highest BCUT2D eigenvalue weighted by Crippen LogP contribution is 2.35. The maximum absolute atomic E-state index is 12.6. The molecule has 0 bridgehead atoms. The minimum Gasteiger partial charge on any atom is -0.507 e. The van der Waals surface area contributed by atoms with E-state index in [0.29, 0.717) is 15.6 Å². The summed E-state index contributed by atoms with van der Waals surface area (Å²) in [7, 11) is 1.71. The van der Waals surface area contributed by atoms with Gasteiger partial charge in [-0.15, -0.1) is 0 Å². The number of aliphatic imine (C=N–C) groups is 1. The van der Waals surface area contributed by atoms with Crippen molar-refractivity contribution in [1.29, 1.82) is 0 Å². The molecule has 2 fully saturated rings. The molecular formula is C21H20BrN3O3S. The zero-order chi connectivity index (χ0) is 20.4. The van der Waals surface area contributed by atoms with Crippen molar-refractivity contribution in [3.8, 4) is 5.75 Å². The summed E-state index contributed by atoms with van der Waals surface area (Å²) < 4.78 is 6.23. The van der Waals surface area contributed by atoms with E-state index in [-0.39, 0.29) is 11.7 Å². The number of carbonyl (C=O) groups is 1. The fourth-order valence-corrected chi connectivity index (χ4v) is 4.46. The van der Waals surface area contributed by atoms with Gasteiger partial charge in [-0.1, -0.05) is 15.9 Å². The van der Waals surface area contributed by atoms with Gasteiger partial charge in [0.15, 0.2) is 5.17 Å². The summed E-state index contributed by atoms with van der Waals surface area (Å²) in [5.74, 6) is -0.0149. The van der Waals surface area contributed by atoms with Gasteiger partial charge in [-0.25, -0.2) is 4.99 Å². The number of phenolic OH excluding ortho intramolecular Hbond substituents is 1. The van der Waals surface area contributed by atoms with Crippen molar-refractivity contribution in [1.82, 2.24) is 4.90 Å². The number of hydrogen-bond acceptors (Lipinski definition) is 6. The van der Waals surface area contributed by atoms with Gasteiger partial charge in [-0.2, -0.15) is 0 Å². The Morgan fingerprint density at radius 2 is 1.90 bits per heavy atom. The number of likely N-dealkylation sites (N-methyl/N-ethyl adjacent to an activating group) is 1. The molecule has 0 radical (unpaired) electrons. The third-order valence-electron chi connectivity index (χ3n) is 4.73. The first-order valence-electron chi connectivity index (χ1n) is 9.19. The van der Waals surface area contributed by atoms with Gasteiger partial charge in [-0.05, 0) is 60.3 Å². The molecule has 2 aromatic rings. The number of aromatic hydroxyl groups is 1. The fourth-order valence-electron chi connectivity index (χ4n) is 3.10. The number of carbonyl (C=O) groups excluding carboxylic acids is 1. The van der Waals surface area contributed by atoms with E-state index in [4.69, 9.17) is 4.74 Å². The third-order valence-corrected chi connectivity index (χ3v) is 6.28. The molecule has 29 heavy (non-hydrogen) atoms. The lowest BCUT2D eigenvalue weighted by molar-refractivity contribution is -0.121. The summed E-state index contributed by atoms with van der Waals surface area (Å²) in [6.07, 6.45) is 1.69. The average Bonchev–Trinajstić information content (AvgIpc) is 3.00. The minimum absolute atomic E-state index is 0.126. The second kappa shape index (κ2) is 8.61. The number of nitrogens with zero attached hydrogens (tertiary/aromatic N) is 3. The molecule has 150 valence electrons. The maximum Gasteiger partial charge on any atom is 0.266 e. The van der Waals surface area contributed by atoms with Crippen LogP contribution in [-0.2, 0) is 9.53 Å². The number of amidine groups is 1. The zero-order valence-corrected chi connectivity index (χ0v) is 18.2. The van der Waals surface area contributed by atoms with Gasteiger partial charge in [-0.3, -0.25) is 9.69 Å². The quantitative estimate of drug-likeness (QED) is 0.675. The first-order valence-corrected chi connectivity index (χ1v) is 10.8. The van der Waals surface area contributed by atoms with Crippen molar-refractivity contribution in [2.75, 3.05) is 38.3 Å². The van der Waals surface area contributed by atoms with Gasteiger partial charge in [0.25, 0.3) is 5.91 Å². The second-order valence-electron chi connectivity index (χ2n) is 6.69. The van der Waals surface area contributed by atoms with E-state index in [0.717, 1.165) is 42.2 Å². The topological polar surface area (TPSA) is 65.4 Å². The average molecular weight is 474 g/mol. The van der Waals surface area contributed by atoms with E-state index >= 15 is 0 Å². The SMILES string of the molecule is CN1C(=O)/C(=C/c2cc(Br)ccc2O)SC1=Nc1ccc(N2CCOCC2)cc1. The summed E-state index contributed by atoms with van der Waals surface area (Å²) in [5, 5.41) is 10.6. The van der Waals surface area contributed by atoms with Gasteiger partial charge in [0, 0.05) is 35.9 Å². The van der Waals surface area contributed by atoms with Crippen molar-refractivity contribution in [2.45, 2.75) is 0 Å². The Kier molecular flexibility index (Phi) is 5.94. The highest BCUT2D eigenvalue weighted by Gasteiger charge is 2.30. The summed E-state index contributed by atoms with van der Waals surface area (Å²) in [5.41, 5.74) is 2.52. The van der Waals surface area contributed by atoms with Crippen LogP contribution in [0.15, 0.2) is 56.8 Å². The number of phenols is 1. The Morgan fingerprint density at radius 3 is 2.62 bits per heavy atom. The van der Waals surface area contributed by atoms with Crippen LogP contribution in [0.2, 0.25) is 0 Å². The van der Waals surface area contributed by atoms with Gasteiger partial charge in [0.05, 0.1) is 23.8 Å². The molecule has 1 N–H and O–H groups in total. The van der Waals surface area contributed by atoms with Gasteiger partial charge in [0.1, 0.15) is 5.75 Å². The fraction of sp³-hybridized carbons (Fsp3) is 0.238. The van der Waals surface area contributed by atoms with E-state index < -0.39 is 0 Å². The number of halogens is 1. The predicted octanol–water partition coefficient (Wildman–Crippen LogP) is 4.23. The largest absolute Gasteiger partial charge is 0.507 e. The molecule has 4 rings (SSSR count). The summed E-state index contributed by atoms with van der Waals surface area (Å²) >= 11 is 4.68. The predicted molar refractivity (Wildman–Crippen MR) is 121 cm³/mol. The van der Waals surface area contributed by atoms with Crippen LogP contribution < -0.4 is 4.90 Å². The molecule has 2 aromatic carbocycles. The number of rotatable bonds is 3. The highest BCUT2D eigenvalue weighted by molar-refractivity contribution is 9.10. The Hall–Kier alpha value is -2.29. The normalized spacial score (nSPS) is 20.1. The van der Waals surface area contributed by atoms with Crippen molar-refractivity contribution < 1.29 is 14.6 Å². The van der Waals surface area contributed by atoms with Crippen LogP contribution >= 0.6 is 27.7 Å². The van der Waals surface area contributed by atoms with Crippen LogP contribution in [0, 0.1) is 0 Å². The van der Waals surface area contributed by atoms with E-state index in [2.05, 4.69) is 25.8 Å². The first kappa shape index (κ1) is 20.0. The van der Waals surface area contributed by atoms with E-state index in [9.17, 15) is 9.90 Å². The molecule has 2 aliphatic rings. The first-order chi connectivity index (χ1) is 14.0. The van der Waals surface area contributed by atoms with Crippen LogP contribution in [0.5, 0.6) is 5.75 Å². The molecule has 2 heterocycles. The summed E-state index contributed by atoms with van der Waals surface area (Å²) in [4.78, 5) is 21.6. The Bertz CT molecular complexity index is 985. The molecule has 2 saturated heterocycles. The smallest absolute Gasteiger partial charge is 0.266 e. The number of amides is 1. The van der Waals surface area contributed by atoms with Crippen molar-refractivity contribution in [3.63, 3.8) is 0 Å². The third kappa shape index (κ3) is 4.49. The molecule has 0 spiro atoms. The lowest BCUT2D eigenvalue weighted by Crippen LogP contribution is -2.36. The molecule has 1 amide bonds. The maximum atomic E-state index is 12.6. The Balaban J connectivity index is 1.54. The standard InChI is InChI=1S/C21H20BrN3O3S/c1-24-20(27)19(13-14-12-15(22)2-7-18(14)26)29-21(24)23-16-3-5-17(6-4-16)25-8-10-28-11-9-25/h2-7,12-13,26H,8-11H2,1H3/b19-13-,23-21?. The highest BCUT2D eigenvalue weighted by atomic mass is 79.9. The molecule has 8 heteroatoms. The zero-order valence-electron chi connectivity index (χ0n) is 15.8. The van der Waals surface area contributed by atoms with Crippen molar-refractivity contribution >= 4 is 56.2 Å².